The molecule has 1 saturated heterocycles. The first-order valence-electron chi connectivity index (χ1n) is 9.49. The van der Waals surface area contributed by atoms with E-state index in [9.17, 15) is 0 Å². The predicted octanol–water partition coefficient (Wildman–Crippen LogP) is 3.06. The Balaban J connectivity index is 1.31. The summed E-state index contributed by atoms with van der Waals surface area (Å²) in [7, 11) is 1.78. The number of nitrogens with zero attached hydrogens (tertiary/aromatic N) is 2. The number of nitrogens with one attached hydrogen (secondary N) is 2. The highest BCUT2D eigenvalue weighted by Gasteiger charge is 2.14. The van der Waals surface area contributed by atoms with Gasteiger partial charge in [0.25, 0.3) is 0 Å². The minimum absolute atomic E-state index is 0.297. The van der Waals surface area contributed by atoms with Gasteiger partial charge in [0.15, 0.2) is 5.96 Å². The maximum Gasteiger partial charge on any atom is 0.191 e. The van der Waals surface area contributed by atoms with E-state index in [1.165, 1.54) is 0 Å². The number of benzene rings is 1. The Morgan fingerprint density at radius 2 is 2.22 bits per heavy atom. The topological polar surface area (TPSA) is 67.8 Å². The molecule has 1 unspecified atom stereocenters. The molecule has 0 saturated carbocycles. The average molecular weight is 389 g/mol. The maximum absolute atomic E-state index is 5.67. The second-order valence-electron chi connectivity index (χ2n) is 6.43. The Labute approximate surface area is 165 Å². The Bertz CT molecular complexity index is 699. The summed E-state index contributed by atoms with van der Waals surface area (Å²) in [4.78, 5) is 8.94. The van der Waals surface area contributed by atoms with E-state index >= 15 is 0 Å². The van der Waals surface area contributed by atoms with Gasteiger partial charge in [0.05, 0.1) is 24.9 Å². The van der Waals surface area contributed by atoms with E-state index in [2.05, 4.69) is 38.1 Å². The SMILES string of the molecule is CN=C(NCCCOCC1CCCO1)NCc1csc(-c2ccccc2)n1. The van der Waals surface area contributed by atoms with Gasteiger partial charge in [-0.1, -0.05) is 30.3 Å². The standard InChI is InChI=1S/C20H28N4O2S/c1-21-20(22-10-6-11-25-14-18-9-5-12-26-18)23-13-17-15-27-19(24-17)16-7-3-2-4-8-16/h2-4,7-8,15,18H,5-6,9-14H2,1H3,(H2,21,22,23). The highest BCUT2D eigenvalue weighted by molar-refractivity contribution is 7.13. The molecule has 2 aromatic rings. The highest BCUT2D eigenvalue weighted by atomic mass is 32.1. The average Bonchev–Trinajstić information content (AvgIpc) is 3.39. The minimum atomic E-state index is 0.297. The lowest BCUT2D eigenvalue weighted by atomic mass is 10.2. The molecule has 3 rings (SSSR count). The van der Waals surface area contributed by atoms with Gasteiger partial charge in [0.1, 0.15) is 5.01 Å². The maximum atomic E-state index is 5.67. The summed E-state index contributed by atoms with van der Waals surface area (Å²) in [6.45, 7) is 3.79. The smallest absolute Gasteiger partial charge is 0.191 e. The molecule has 1 aromatic heterocycles. The highest BCUT2D eigenvalue weighted by Crippen LogP contribution is 2.23. The first-order valence-corrected chi connectivity index (χ1v) is 10.4. The van der Waals surface area contributed by atoms with Crippen molar-refractivity contribution in [2.24, 2.45) is 4.99 Å². The van der Waals surface area contributed by atoms with Crippen molar-refractivity contribution in [2.75, 3.05) is 33.4 Å². The van der Waals surface area contributed by atoms with Gasteiger partial charge in [-0.2, -0.15) is 0 Å². The van der Waals surface area contributed by atoms with Gasteiger partial charge in [0, 0.05) is 37.7 Å². The van der Waals surface area contributed by atoms with Crippen LogP contribution in [0.1, 0.15) is 25.0 Å². The molecular weight excluding hydrogens is 360 g/mol. The zero-order chi connectivity index (χ0) is 18.7. The van der Waals surface area contributed by atoms with Crippen LogP contribution in [0, 0.1) is 0 Å². The number of aromatic nitrogens is 1. The van der Waals surface area contributed by atoms with Gasteiger partial charge < -0.3 is 20.1 Å². The molecule has 146 valence electrons. The van der Waals surface area contributed by atoms with Gasteiger partial charge in [-0.3, -0.25) is 4.99 Å². The van der Waals surface area contributed by atoms with E-state index in [0.717, 1.165) is 61.2 Å². The number of guanidine groups is 1. The van der Waals surface area contributed by atoms with Crippen molar-refractivity contribution in [3.63, 3.8) is 0 Å². The summed E-state index contributed by atoms with van der Waals surface area (Å²) in [5.41, 5.74) is 2.17. The van der Waals surface area contributed by atoms with Crippen molar-refractivity contribution in [1.82, 2.24) is 15.6 Å². The summed E-state index contributed by atoms with van der Waals surface area (Å²) in [6, 6.07) is 10.2. The van der Waals surface area contributed by atoms with Crippen LogP contribution in [-0.4, -0.2) is 50.5 Å². The third kappa shape index (κ3) is 6.61. The molecule has 1 aliphatic rings. The van der Waals surface area contributed by atoms with Gasteiger partial charge in [-0.15, -0.1) is 11.3 Å². The largest absolute Gasteiger partial charge is 0.379 e. The van der Waals surface area contributed by atoms with Crippen molar-refractivity contribution in [3.05, 3.63) is 41.4 Å². The van der Waals surface area contributed by atoms with Gasteiger partial charge in [-0.05, 0) is 19.3 Å². The van der Waals surface area contributed by atoms with Crippen LogP contribution in [0.2, 0.25) is 0 Å². The second-order valence-corrected chi connectivity index (χ2v) is 7.28. The summed E-state index contributed by atoms with van der Waals surface area (Å²) in [6.07, 6.45) is 3.51. The molecule has 0 amide bonds. The molecule has 0 spiro atoms. The molecule has 2 N–H and O–H groups in total. The number of rotatable bonds is 9. The molecular formula is C20H28N4O2S. The Hall–Kier alpha value is -1.96. The van der Waals surface area contributed by atoms with Crippen LogP contribution in [0.3, 0.4) is 0 Å². The number of aliphatic imine (C=N–C) groups is 1. The van der Waals surface area contributed by atoms with Crippen LogP contribution in [0.15, 0.2) is 40.7 Å². The molecule has 2 heterocycles. The van der Waals surface area contributed by atoms with Crippen LogP contribution < -0.4 is 10.6 Å². The summed E-state index contributed by atoms with van der Waals surface area (Å²) < 4.78 is 11.2. The fraction of sp³-hybridized carbons (Fsp3) is 0.500. The van der Waals surface area contributed by atoms with Gasteiger partial charge in [0.2, 0.25) is 0 Å². The Kier molecular flexibility index (Phi) is 8.07. The van der Waals surface area contributed by atoms with E-state index in [-0.39, 0.29) is 0 Å². The molecule has 1 aliphatic heterocycles. The Morgan fingerprint density at radius 3 is 3.00 bits per heavy atom. The quantitative estimate of drug-likeness (QED) is 0.393. The van der Waals surface area contributed by atoms with Crippen molar-refractivity contribution >= 4 is 17.3 Å². The lowest BCUT2D eigenvalue weighted by Gasteiger charge is -2.12. The van der Waals surface area contributed by atoms with Crippen LogP contribution in [0.25, 0.3) is 10.6 Å². The summed E-state index contributed by atoms with van der Waals surface area (Å²) in [5.74, 6) is 0.781. The van der Waals surface area contributed by atoms with Gasteiger partial charge in [-0.25, -0.2) is 4.98 Å². The lowest BCUT2D eigenvalue weighted by Crippen LogP contribution is -2.37. The van der Waals surface area contributed by atoms with E-state index in [0.29, 0.717) is 19.3 Å². The third-order valence-corrected chi connectivity index (χ3v) is 5.26. The fourth-order valence-corrected chi connectivity index (χ4v) is 3.69. The van der Waals surface area contributed by atoms with E-state index in [4.69, 9.17) is 9.47 Å². The zero-order valence-electron chi connectivity index (χ0n) is 15.8. The van der Waals surface area contributed by atoms with Crippen molar-refractivity contribution < 1.29 is 9.47 Å². The molecule has 1 atom stereocenters. The summed E-state index contributed by atoms with van der Waals surface area (Å²) in [5, 5.41) is 9.74. The van der Waals surface area contributed by atoms with E-state index in [1.807, 2.05) is 18.2 Å². The molecule has 27 heavy (non-hydrogen) atoms. The number of ether oxygens (including phenoxy) is 2. The number of thiazole rings is 1. The van der Waals surface area contributed by atoms with Crippen molar-refractivity contribution in [1.29, 1.82) is 0 Å². The van der Waals surface area contributed by atoms with Crippen LogP contribution in [0.5, 0.6) is 0 Å². The van der Waals surface area contributed by atoms with Crippen molar-refractivity contribution in [3.8, 4) is 10.6 Å². The molecule has 1 aromatic carbocycles. The third-order valence-electron chi connectivity index (χ3n) is 4.32. The first-order chi connectivity index (χ1) is 13.3. The molecule has 1 fully saturated rings. The number of hydrogen-bond acceptors (Lipinski definition) is 5. The van der Waals surface area contributed by atoms with E-state index < -0.39 is 0 Å². The normalized spacial score (nSPS) is 17.2. The monoisotopic (exact) mass is 388 g/mol. The predicted molar refractivity (Wildman–Crippen MR) is 110 cm³/mol. The number of hydrogen-bond donors (Lipinski definition) is 2. The Morgan fingerprint density at radius 1 is 1.33 bits per heavy atom. The molecule has 0 radical (unpaired) electrons. The van der Waals surface area contributed by atoms with Crippen molar-refractivity contribution in [2.45, 2.75) is 31.9 Å². The van der Waals surface area contributed by atoms with E-state index in [1.54, 1.807) is 18.4 Å². The van der Waals surface area contributed by atoms with Crippen LogP contribution in [-0.2, 0) is 16.0 Å². The van der Waals surface area contributed by atoms with Crippen LogP contribution in [0.4, 0.5) is 0 Å². The molecule has 6 nitrogen and oxygen atoms in total. The molecule has 0 aliphatic carbocycles. The zero-order valence-corrected chi connectivity index (χ0v) is 16.6. The second kappa shape index (κ2) is 11.0. The summed E-state index contributed by atoms with van der Waals surface area (Å²) >= 11 is 1.66. The van der Waals surface area contributed by atoms with Gasteiger partial charge >= 0.3 is 0 Å². The molecule has 7 heteroatoms. The lowest BCUT2D eigenvalue weighted by molar-refractivity contribution is 0.0168. The minimum Gasteiger partial charge on any atom is -0.379 e. The fourth-order valence-electron chi connectivity index (χ4n) is 2.87. The first kappa shape index (κ1) is 19.8. The molecule has 0 bridgehead atoms. The van der Waals surface area contributed by atoms with Crippen LogP contribution >= 0.6 is 11.3 Å².